The molecule has 14 heavy (non-hydrogen) atoms. The fourth-order valence-electron chi connectivity index (χ4n) is 1.25. The van der Waals surface area contributed by atoms with Gasteiger partial charge in [-0.25, -0.2) is 0 Å². The number of nitrogens with zero attached hydrogens (tertiary/aromatic N) is 1. The van der Waals surface area contributed by atoms with Gasteiger partial charge in [0.15, 0.2) is 0 Å². The summed E-state index contributed by atoms with van der Waals surface area (Å²) >= 11 is 0. The van der Waals surface area contributed by atoms with Gasteiger partial charge < -0.3 is 4.98 Å². The van der Waals surface area contributed by atoms with E-state index < -0.39 is 0 Å². The van der Waals surface area contributed by atoms with Crippen molar-refractivity contribution in [3.8, 4) is 0 Å². The van der Waals surface area contributed by atoms with Crippen LogP contribution in [0.4, 0.5) is 0 Å². The maximum atomic E-state index is 4.28. The van der Waals surface area contributed by atoms with Crippen LogP contribution in [-0.2, 0) is 20.4 Å². The standard InChI is InChI=1S/C12H10N.Pd/c1-2-4-8-11(7-3-1)12-9-5-6-10-13-12;/h1-6,9-10H,7H2;/q-1;. The molecule has 0 atom stereocenters. The van der Waals surface area contributed by atoms with E-state index in [0.717, 1.165) is 17.7 Å². The number of aromatic nitrogens is 1. The van der Waals surface area contributed by atoms with Crippen LogP contribution in [0.5, 0.6) is 0 Å². The van der Waals surface area contributed by atoms with Gasteiger partial charge in [-0.1, -0.05) is 18.2 Å². The summed E-state index contributed by atoms with van der Waals surface area (Å²) in [5.41, 5.74) is 2.16. The molecule has 0 N–H and O–H groups in total. The SMILES string of the molecule is [C-]1=C(c2ccccn2)CC=CC=C1.[Pd]. The van der Waals surface area contributed by atoms with Crippen LogP contribution in [0, 0.1) is 6.08 Å². The van der Waals surface area contributed by atoms with Crippen LogP contribution in [0.25, 0.3) is 5.57 Å². The molecule has 1 aromatic heterocycles. The molecule has 0 aromatic carbocycles. The molecule has 1 nitrogen and oxygen atoms in total. The van der Waals surface area contributed by atoms with E-state index in [2.05, 4.69) is 17.1 Å². The summed E-state index contributed by atoms with van der Waals surface area (Å²) in [7, 11) is 0. The summed E-state index contributed by atoms with van der Waals surface area (Å²) in [4.78, 5) is 4.28. The van der Waals surface area contributed by atoms with Gasteiger partial charge in [0.25, 0.3) is 0 Å². The third-order valence-corrected chi connectivity index (χ3v) is 1.90. The molecule has 0 unspecified atom stereocenters. The van der Waals surface area contributed by atoms with Gasteiger partial charge in [-0.15, -0.1) is 11.6 Å². The molecule has 1 heterocycles. The molecule has 74 valence electrons. The average Bonchev–Trinajstić information content (AvgIpc) is 2.47. The van der Waals surface area contributed by atoms with Crippen molar-refractivity contribution in [1.82, 2.24) is 4.98 Å². The first-order chi connectivity index (χ1) is 6.47. The fraction of sp³-hybridized carbons (Fsp3) is 0.0833. The predicted octanol–water partition coefficient (Wildman–Crippen LogP) is 2.78. The zero-order chi connectivity index (χ0) is 8.93. The van der Waals surface area contributed by atoms with Crippen molar-refractivity contribution >= 4 is 5.57 Å². The summed E-state index contributed by atoms with van der Waals surface area (Å²) < 4.78 is 0. The predicted molar refractivity (Wildman–Crippen MR) is 53.8 cm³/mol. The quantitative estimate of drug-likeness (QED) is 0.567. The molecule has 1 aromatic rings. The van der Waals surface area contributed by atoms with Gasteiger partial charge in [0.2, 0.25) is 0 Å². The van der Waals surface area contributed by atoms with Crippen molar-refractivity contribution in [3.05, 3.63) is 60.5 Å². The van der Waals surface area contributed by atoms with Crippen molar-refractivity contribution in [2.24, 2.45) is 0 Å². The average molecular weight is 275 g/mol. The zero-order valence-corrected chi connectivity index (χ0v) is 9.14. The second-order valence-electron chi connectivity index (χ2n) is 2.83. The number of hydrogen-bond donors (Lipinski definition) is 0. The third kappa shape index (κ3) is 2.77. The van der Waals surface area contributed by atoms with E-state index in [0.29, 0.717) is 0 Å². The molecule has 0 saturated carbocycles. The minimum Gasteiger partial charge on any atom is -0.320 e. The fourth-order valence-corrected chi connectivity index (χ4v) is 1.25. The molecule has 0 radical (unpaired) electrons. The summed E-state index contributed by atoms with van der Waals surface area (Å²) in [6.45, 7) is 0. The Kier molecular flexibility index (Phi) is 4.52. The Bertz CT molecular complexity index is 363. The van der Waals surface area contributed by atoms with E-state index in [4.69, 9.17) is 0 Å². The number of rotatable bonds is 1. The third-order valence-electron chi connectivity index (χ3n) is 1.90. The Morgan fingerprint density at radius 1 is 1.21 bits per heavy atom. The van der Waals surface area contributed by atoms with Crippen LogP contribution in [0.1, 0.15) is 12.1 Å². The number of pyridine rings is 1. The number of allylic oxidation sites excluding steroid dienone is 6. The van der Waals surface area contributed by atoms with Crippen LogP contribution in [0.3, 0.4) is 0 Å². The Morgan fingerprint density at radius 2 is 2.14 bits per heavy atom. The van der Waals surface area contributed by atoms with Crippen molar-refractivity contribution < 1.29 is 20.4 Å². The molecule has 0 saturated heterocycles. The molecular weight excluding hydrogens is 265 g/mol. The van der Waals surface area contributed by atoms with Crippen molar-refractivity contribution in [2.45, 2.75) is 6.42 Å². The van der Waals surface area contributed by atoms with Crippen LogP contribution in [-0.4, -0.2) is 4.98 Å². The van der Waals surface area contributed by atoms with Gasteiger partial charge in [-0.3, -0.25) is 0 Å². The molecule has 0 amide bonds. The van der Waals surface area contributed by atoms with Crippen LogP contribution in [0.15, 0.2) is 48.7 Å². The summed E-state index contributed by atoms with van der Waals surface area (Å²) in [6, 6.07) is 5.93. The Labute approximate surface area is 97.9 Å². The van der Waals surface area contributed by atoms with Gasteiger partial charge in [0.05, 0.1) is 0 Å². The van der Waals surface area contributed by atoms with Gasteiger partial charge in [0, 0.05) is 26.6 Å². The molecule has 2 heteroatoms. The van der Waals surface area contributed by atoms with Crippen LogP contribution in [0.2, 0.25) is 0 Å². The Balaban J connectivity index is 0.000000980. The van der Waals surface area contributed by atoms with E-state index in [9.17, 15) is 0 Å². The topological polar surface area (TPSA) is 12.9 Å². The second-order valence-corrected chi connectivity index (χ2v) is 2.83. The van der Waals surface area contributed by atoms with E-state index in [1.165, 1.54) is 0 Å². The molecule has 0 fully saturated rings. The first kappa shape index (κ1) is 11.1. The van der Waals surface area contributed by atoms with E-state index in [1.807, 2.05) is 42.6 Å². The van der Waals surface area contributed by atoms with Crippen LogP contribution >= 0.6 is 0 Å². The molecular formula is C12H10NPd-. The minimum absolute atomic E-state index is 0. The van der Waals surface area contributed by atoms with Crippen molar-refractivity contribution in [2.75, 3.05) is 0 Å². The summed E-state index contributed by atoms with van der Waals surface area (Å²) in [6.07, 6.45) is 14.0. The zero-order valence-electron chi connectivity index (χ0n) is 7.59. The van der Waals surface area contributed by atoms with E-state index in [-0.39, 0.29) is 20.4 Å². The normalized spacial score (nSPS) is 14.1. The smallest absolute Gasteiger partial charge is 0.0124 e. The molecule has 0 aliphatic heterocycles. The summed E-state index contributed by atoms with van der Waals surface area (Å²) in [5.74, 6) is 0. The second kappa shape index (κ2) is 5.70. The minimum atomic E-state index is 0. The first-order valence-corrected chi connectivity index (χ1v) is 4.32. The van der Waals surface area contributed by atoms with Gasteiger partial charge in [-0.05, 0) is 18.2 Å². The summed E-state index contributed by atoms with van der Waals surface area (Å²) in [5, 5.41) is 0. The molecule has 2 rings (SSSR count). The maximum absolute atomic E-state index is 4.28. The Hall–Kier alpha value is -0.968. The van der Waals surface area contributed by atoms with Crippen LogP contribution < -0.4 is 0 Å². The van der Waals surface area contributed by atoms with Gasteiger partial charge in [0.1, 0.15) is 0 Å². The van der Waals surface area contributed by atoms with Gasteiger partial charge >= 0.3 is 0 Å². The van der Waals surface area contributed by atoms with E-state index in [1.54, 1.807) is 0 Å². The largest absolute Gasteiger partial charge is 0.320 e. The monoisotopic (exact) mass is 274 g/mol. The molecule has 1 aliphatic rings. The molecule has 0 spiro atoms. The van der Waals surface area contributed by atoms with Crippen molar-refractivity contribution in [3.63, 3.8) is 0 Å². The number of hydrogen-bond acceptors (Lipinski definition) is 1. The molecule has 0 bridgehead atoms. The Morgan fingerprint density at radius 3 is 2.93 bits per heavy atom. The van der Waals surface area contributed by atoms with Gasteiger partial charge in [-0.2, -0.15) is 18.2 Å². The first-order valence-electron chi connectivity index (χ1n) is 4.32. The van der Waals surface area contributed by atoms with Crippen molar-refractivity contribution in [1.29, 1.82) is 0 Å². The van der Waals surface area contributed by atoms with E-state index >= 15 is 0 Å². The maximum Gasteiger partial charge on any atom is 0.0124 e. The molecule has 1 aliphatic carbocycles.